The van der Waals surface area contributed by atoms with Gasteiger partial charge in [0.05, 0.1) is 6.57 Å². The minimum atomic E-state index is -0.156. The molecule has 142 valence electrons. The molecule has 3 nitrogen and oxygen atoms in total. The van der Waals surface area contributed by atoms with Gasteiger partial charge in [-0.25, -0.2) is 4.85 Å². The molecule has 0 saturated heterocycles. The Labute approximate surface area is 167 Å². The number of benzene rings is 2. The van der Waals surface area contributed by atoms with Crippen LogP contribution in [-0.2, 0) is 5.41 Å². The summed E-state index contributed by atoms with van der Waals surface area (Å²) in [4.78, 5) is 16.0. The van der Waals surface area contributed by atoms with Gasteiger partial charge in [-0.05, 0) is 91.9 Å². The fourth-order valence-corrected chi connectivity index (χ4v) is 6.51. The molecule has 4 aliphatic carbocycles. The van der Waals surface area contributed by atoms with Crippen molar-refractivity contribution >= 4 is 17.3 Å². The Kier molecular flexibility index (Phi) is 4.05. The molecule has 4 saturated carbocycles. The molecule has 0 heterocycles. The molecule has 4 fully saturated rings. The molecule has 2 aromatic rings. The lowest BCUT2D eigenvalue weighted by molar-refractivity contribution is -0.00520. The van der Waals surface area contributed by atoms with E-state index in [1.807, 2.05) is 0 Å². The third-order valence-corrected chi connectivity index (χ3v) is 7.36. The van der Waals surface area contributed by atoms with E-state index in [2.05, 4.69) is 35.3 Å². The Morgan fingerprint density at radius 3 is 2.32 bits per heavy atom. The normalized spacial score (nSPS) is 30.1. The zero-order chi connectivity index (χ0) is 19.3. The van der Waals surface area contributed by atoms with E-state index in [1.54, 1.807) is 24.3 Å². The van der Waals surface area contributed by atoms with Gasteiger partial charge in [0.2, 0.25) is 0 Å². The van der Waals surface area contributed by atoms with Crippen LogP contribution in [0.2, 0.25) is 0 Å². The summed E-state index contributed by atoms with van der Waals surface area (Å²) in [6, 6.07) is 13.5. The smallest absolute Gasteiger partial charge is 0.254 e. The van der Waals surface area contributed by atoms with Gasteiger partial charge in [-0.2, -0.15) is 0 Å². The van der Waals surface area contributed by atoms with Crippen molar-refractivity contribution in [2.75, 3.05) is 5.32 Å². The van der Waals surface area contributed by atoms with Crippen molar-refractivity contribution in [3.05, 3.63) is 70.6 Å². The van der Waals surface area contributed by atoms with Crippen molar-refractivity contribution in [2.45, 2.75) is 50.9 Å². The number of hydrogen-bond donors (Lipinski definition) is 1. The number of nitrogens with one attached hydrogen (secondary N) is 1. The number of amides is 1. The van der Waals surface area contributed by atoms with Crippen LogP contribution in [0.15, 0.2) is 42.5 Å². The Morgan fingerprint density at radius 1 is 1.04 bits per heavy atom. The molecule has 0 aromatic heterocycles. The molecule has 3 heteroatoms. The summed E-state index contributed by atoms with van der Waals surface area (Å²) < 4.78 is 0. The zero-order valence-electron chi connectivity index (χ0n) is 16.4. The van der Waals surface area contributed by atoms with E-state index >= 15 is 0 Å². The van der Waals surface area contributed by atoms with E-state index in [-0.39, 0.29) is 5.91 Å². The van der Waals surface area contributed by atoms with E-state index in [0.29, 0.717) is 16.7 Å². The number of carbonyl (C=O) groups excluding carboxylic acids is 1. The molecule has 4 aliphatic rings. The molecule has 28 heavy (non-hydrogen) atoms. The molecule has 4 bridgehead atoms. The molecule has 1 amide bonds. The molecule has 0 unspecified atom stereocenters. The molecule has 6 rings (SSSR count). The second kappa shape index (κ2) is 6.48. The zero-order valence-corrected chi connectivity index (χ0v) is 16.4. The lowest BCUT2D eigenvalue weighted by Gasteiger charge is -2.57. The van der Waals surface area contributed by atoms with E-state index in [1.165, 1.54) is 44.1 Å². The Bertz CT molecular complexity index is 949. The summed E-state index contributed by atoms with van der Waals surface area (Å²) in [6.45, 7) is 9.22. The molecule has 1 N–H and O–H groups in total. The van der Waals surface area contributed by atoms with Crippen LogP contribution in [0.1, 0.15) is 60.0 Å². The number of carbonyl (C=O) groups is 1. The third kappa shape index (κ3) is 2.92. The van der Waals surface area contributed by atoms with Crippen LogP contribution in [0.4, 0.5) is 11.4 Å². The lowest BCUT2D eigenvalue weighted by Crippen LogP contribution is -2.48. The van der Waals surface area contributed by atoms with Crippen LogP contribution in [0.5, 0.6) is 0 Å². The van der Waals surface area contributed by atoms with Crippen LogP contribution in [0.3, 0.4) is 0 Å². The van der Waals surface area contributed by atoms with Crippen molar-refractivity contribution in [3.63, 3.8) is 0 Å². The van der Waals surface area contributed by atoms with Crippen molar-refractivity contribution in [1.29, 1.82) is 0 Å². The van der Waals surface area contributed by atoms with Crippen LogP contribution in [0, 0.1) is 31.2 Å². The summed E-state index contributed by atoms with van der Waals surface area (Å²) in [5, 5.41) is 3.04. The van der Waals surface area contributed by atoms with Gasteiger partial charge in [-0.3, -0.25) is 4.79 Å². The number of hydrogen-bond acceptors (Lipinski definition) is 1. The summed E-state index contributed by atoms with van der Waals surface area (Å²) in [5.74, 6) is 2.64. The van der Waals surface area contributed by atoms with E-state index in [4.69, 9.17) is 6.57 Å². The molecule has 0 aliphatic heterocycles. The van der Waals surface area contributed by atoms with Gasteiger partial charge in [-0.15, -0.1) is 0 Å². The highest BCUT2D eigenvalue weighted by molar-refractivity contribution is 6.05. The van der Waals surface area contributed by atoms with E-state index in [9.17, 15) is 4.79 Å². The first kappa shape index (κ1) is 17.5. The molecule has 2 aromatic carbocycles. The molecule has 0 radical (unpaired) electrons. The topological polar surface area (TPSA) is 33.5 Å². The highest BCUT2D eigenvalue weighted by atomic mass is 16.1. The number of anilines is 1. The summed E-state index contributed by atoms with van der Waals surface area (Å²) in [7, 11) is 0. The molecule has 0 atom stereocenters. The largest absolute Gasteiger partial charge is 0.322 e. The van der Waals surface area contributed by atoms with Gasteiger partial charge in [0.1, 0.15) is 0 Å². The minimum Gasteiger partial charge on any atom is -0.322 e. The maximum atomic E-state index is 12.6. The van der Waals surface area contributed by atoms with Crippen LogP contribution in [-0.4, -0.2) is 5.91 Å². The van der Waals surface area contributed by atoms with Gasteiger partial charge in [-0.1, -0.05) is 30.3 Å². The van der Waals surface area contributed by atoms with Crippen LogP contribution < -0.4 is 5.32 Å². The Hall–Kier alpha value is -2.60. The summed E-state index contributed by atoms with van der Waals surface area (Å²) in [6.07, 6.45) is 8.43. The monoisotopic (exact) mass is 370 g/mol. The average molecular weight is 370 g/mol. The van der Waals surface area contributed by atoms with Gasteiger partial charge in [0.15, 0.2) is 5.69 Å². The van der Waals surface area contributed by atoms with Crippen molar-refractivity contribution in [1.82, 2.24) is 0 Å². The van der Waals surface area contributed by atoms with Crippen LogP contribution in [0.25, 0.3) is 4.85 Å². The van der Waals surface area contributed by atoms with Gasteiger partial charge in [0.25, 0.3) is 5.91 Å². The fourth-order valence-electron chi connectivity index (χ4n) is 6.51. The second-order valence-corrected chi connectivity index (χ2v) is 9.34. The third-order valence-electron chi connectivity index (χ3n) is 7.36. The van der Waals surface area contributed by atoms with Crippen molar-refractivity contribution in [2.24, 2.45) is 17.8 Å². The Balaban J connectivity index is 1.38. The molecular formula is C25H26N2O. The first-order chi connectivity index (χ1) is 13.5. The Morgan fingerprint density at radius 2 is 1.71 bits per heavy atom. The second-order valence-electron chi connectivity index (χ2n) is 9.34. The number of nitrogens with zero attached hydrogens (tertiary/aromatic N) is 1. The molecular weight excluding hydrogens is 344 g/mol. The fraction of sp³-hybridized carbons (Fsp3) is 0.440. The summed E-state index contributed by atoms with van der Waals surface area (Å²) in [5.41, 5.74) is 4.87. The first-order valence-electron chi connectivity index (χ1n) is 10.4. The number of aryl methyl sites for hydroxylation is 1. The van der Waals surface area contributed by atoms with E-state index < -0.39 is 0 Å². The maximum absolute atomic E-state index is 12.6. The van der Waals surface area contributed by atoms with Gasteiger partial charge >= 0.3 is 0 Å². The first-order valence-corrected chi connectivity index (χ1v) is 10.4. The maximum Gasteiger partial charge on any atom is 0.254 e. The summed E-state index contributed by atoms with van der Waals surface area (Å²) >= 11 is 0. The highest BCUT2D eigenvalue weighted by Crippen LogP contribution is 2.60. The van der Waals surface area contributed by atoms with Crippen LogP contribution >= 0.6 is 0 Å². The lowest BCUT2D eigenvalue weighted by atomic mass is 9.48. The predicted octanol–water partition coefficient (Wildman–Crippen LogP) is 6.27. The van der Waals surface area contributed by atoms with Crippen molar-refractivity contribution in [3.8, 4) is 0 Å². The van der Waals surface area contributed by atoms with E-state index in [0.717, 1.165) is 29.0 Å². The average Bonchev–Trinajstić information content (AvgIpc) is 2.68. The number of rotatable bonds is 3. The minimum absolute atomic E-state index is 0.156. The predicted molar refractivity (Wildman–Crippen MR) is 112 cm³/mol. The van der Waals surface area contributed by atoms with Crippen molar-refractivity contribution < 1.29 is 4.79 Å². The quantitative estimate of drug-likeness (QED) is 0.635. The SMILES string of the molecule is [C-]#[N+]c1cccc(C(=O)Nc2ccc(C34CC5CC(CC(C5)C3)C4)cc2C)c1. The standard InChI is InChI=1S/C25H26N2O/c1-16-8-21(25-13-17-9-18(14-25)11-19(10-17)15-25)6-7-23(16)27-24(28)20-4-3-5-22(12-20)26-2/h3-8,12,17-19H,9-11,13-15H2,1H3,(H,27,28). The van der Waals surface area contributed by atoms with Gasteiger partial charge in [0, 0.05) is 11.3 Å². The highest BCUT2D eigenvalue weighted by Gasteiger charge is 2.51. The van der Waals surface area contributed by atoms with Gasteiger partial charge < -0.3 is 5.32 Å². The molecule has 0 spiro atoms.